The van der Waals surface area contributed by atoms with E-state index in [0.29, 0.717) is 0 Å². The van der Waals surface area contributed by atoms with Crippen molar-refractivity contribution < 1.29 is 4.74 Å². The van der Waals surface area contributed by atoms with Crippen LogP contribution >= 0.6 is 0 Å². The number of hydrogen-bond acceptors (Lipinski definition) is 6. The van der Waals surface area contributed by atoms with Crippen LogP contribution in [-0.2, 0) is 4.74 Å². The van der Waals surface area contributed by atoms with Crippen LogP contribution in [0.2, 0.25) is 0 Å². The van der Waals surface area contributed by atoms with Crippen molar-refractivity contribution in [2.24, 2.45) is 5.10 Å². The zero-order valence-electron chi connectivity index (χ0n) is 11.3. The van der Waals surface area contributed by atoms with Crippen LogP contribution in [-0.4, -0.2) is 57.2 Å². The molecule has 0 aliphatic carbocycles. The van der Waals surface area contributed by atoms with E-state index in [4.69, 9.17) is 4.74 Å². The summed E-state index contributed by atoms with van der Waals surface area (Å²) in [5.41, 5.74) is 2.95. The number of rotatable bonds is 3. The van der Waals surface area contributed by atoms with Crippen molar-refractivity contribution in [2.45, 2.75) is 6.92 Å². The minimum atomic E-state index is 0.738. The van der Waals surface area contributed by atoms with E-state index in [1.807, 2.05) is 36.2 Å². The highest BCUT2D eigenvalue weighted by Crippen LogP contribution is 2.11. The van der Waals surface area contributed by atoms with Gasteiger partial charge in [-0.2, -0.15) is 5.10 Å². The number of nitrogens with zero attached hydrogens (tertiary/aromatic N) is 6. The number of hydrogen-bond donors (Lipinski definition) is 0. The van der Waals surface area contributed by atoms with Crippen molar-refractivity contribution in [3.8, 4) is 5.69 Å². The molecule has 7 heteroatoms. The number of benzene rings is 1. The second kappa shape index (κ2) is 5.79. The molecule has 2 heterocycles. The van der Waals surface area contributed by atoms with Crippen molar-refractivity contribution in [3.05, 3.63) is 36.2 Å². The second-order valence-electron chi connectivity index (χ2n) is 4.56. The minimum Gasteiger partial charge on any atom is -0.378 e. The maximum Gasteiger partial charge on any atom is 0.143 e. The summed E-state index contributed by atoms with van der Waals surface area (Å²) >= 11 is 0. The Morgan fingerprint density at radius 2 is 2.15 bits per heavy atom. The van der Waals surface area contributed by atoms with E-state index in [1.165, 1.54) is 0 Å². The second-order valence-corrected chi connectivity index (χ2v) is 4.56. The smallest absolute Gasteiger partial charge is 0.143 e. The van der Waals surface area contributed by atoms with Crippen LogP contribution in [0.15, 0.2) is 35.7 Å². The molecule has 1 saturated heterocycles. The zero-order valence-corrected chi connectivity index (χ0v) is 11.3. The van der Waals surface area contributed by atoms with E-state index >= 15 is 0 Å². The van der Waals surface area contributed by atoms with E-state index in [1.54, 1.807) is 11.0 Å². The van der Waals surface area contributed by atoms with Gasteiger partial charge in [0.15, 0.2) is 0 Å². The van der Waals surface area contributed by atoms with Crippen molar-refractivity contribution in [1.29, 1.82) is 0 Å². The predicted molar refractivity (Wildman–Crippen MR) is 73.8 cm³/mol. The van der Waals surface area contributed by atoms with Crippen LogP contribution in [0.25, 0.3) is 5.69 Å². The van der Waals surface area contributed by atoms with E-state index in [-0.39, 0.29) is 0 Å². The molecule has 20 heavy (non-hydrogen) atoms. The number of ether oxygens (including phenoxy) is 1. The van der Waals surface area contributed by atoms with Crippen LogP contribution < -0.4 is 0 Å². The molecule has 1 aromatic heterocycles. The van der Waals surface area contributed by atoms with E-state index in [2.05, 4.69) is 20.6 Å². The Bertz CT molecular complexity index is 589. The molecule has 0 radical (unpaired) electrons. The average Bonchev–Trinajstić information content (AvgIpc) is 3.03. The van der Waals surface area contributed by atoms with Gasteiger partial charge in [-0.15, -0.1) is 5.10 Å². The Balaban J connectivity index is 1.82. The molecular weight excluding hydrogens is 256 g/mol. The largest absolute Gasteiger partial charge is 0.378 e. The quantitative estimate of drug-likeness (QED) is 0.770. The first-order valence-electron chi connectivity index (χ1n) is 6.54. The van der Waals surface area contributed by atoms with Crippen LogP contribution in [0.5, 0.6) is 0 Å². The fourth-order valence-corrected chi connectivity index (χ4v) is 2.08. The van der Waals surface area contributed by atoms with Gasteiger partial charge in [-0.25, -0.2) is 4.68 Å². The fraction of sp³-hybridized carbons (Fsp3) is 0.385. The molecule has 2 aromatic rings. The molecule has 104 valence electrons. The van der Waals surface area contributed by atoms with Gasteiger partial charge in [-0.05, 0) is 35.0 Å². The molecule has 3 rings (SSSR count). The van der Waals surface area contributed by atoms with Crippen LogP contribution in [0, 0.1) is 0 Å². The summed E-state index contributed by atoms with van der Waals surface area (Å²) in [4.78, 5) is 0. The highest BCUT2D eigenvalue weighted by atomic mass is 16.5. The van der Waals surface area contributed by atoms with E-state index in [9.17, 15) is 0 Å². The summed E-state index contributed by atoms with van der Waals surface area (Å²) in [6, 6.07) is 8.00. The topological polar surface area (TPSA) is 68.4 Å². The number of tetrazole rings is 1. The lowest BCUT2D eigenvalue weighted by Gasteiger charge is -2.24. The molecule has 1 fully saturated rings. The van der Waals surface area contributed by atoms with Crippen LogP contribution in [0.1, 0.15) is 12.5 Å². The third-order valence-corrected chi connectivity index (χ3v) is 3.16. The zero-order chi connectivity index (χ0) is 13.8. The fourth-order valence-electron chi connectivity index (χ4n) is 2.08. The molecule has 1 aliphatic heterocycles. The standard InChI is InChI=1S/C13H16N6O/c1-11(15-18-5-7-20-8-6-18)12-3-2-4-13(9-12)19-10-14-16-17-19/h2-4,9-10H,5-8H2,1H3/b15-11+. The summed E-state index contributed by atoms with van der Waals surface area (Å²) < 4.78 is 6.95. The Kier molecular flexibility index (Phi) is 3.69. The first-order chi connectivity index (χ1) is 9.83. The van der Waals surface area contributed by atoms with Gasteiger partial charge < -0.3 is 4.74 Å². The molecule has 7 nitrogen and oxygen atoms in total. The molecule has 0 saturated carbocycles. The summed E-state index contributed by atoms with van der Waals surface area (Å²) in [5.74, 6) is 0. The van der Waals surface area contributed by atoms with Gasteiger partial charge in [-0.3, -0.25) is 5.01 Å². The lowest BCUT2D eigenvalue weighted by Crippen LogP contribution is -2.33. The molecule has 0 amide bonds. The normalized spacial score (nSPS) is 16.4. The predicted octanol–water partition coefficient (Wildman–Crippen LogP) is 0.718. The van der Waals surface area contributed by atoms with Crippen molar-refractivity contribution >= 4 is 5.71 Å². The summed E-state index contributed by atoms with van der Waals surface area (Å²) in [6.45, 7) is 5.16. The van der Waals surface area contributed by atoms with Gasteiger partial charge >= 0.3 is 0 Å². The molecule has 1 aromatic carbocycles. The van der Waals surface area contributed by atoms with Gasteiger partial charge in [0.05, 0.1) is 37.7 Å². The van der Waals surface area contributed by atoms with Gasteiger partial charge in [0, 0.05) is 0 Å². The molecule has 0 spiro atoms. The molecular formula is C13H16N6O. The summed E-state index contributed by atoms with van der Waals surface area (Å²) in [7, 11) is 0. The highest BCUT2D eigenvalue weighted by molar-refractivity contribution is 5.98. The maximum absolute atomic E-state index is 5.32. The molecule has 0 N–H and O–H groups in total. The molecule has 1 aliphatic rings. The number of morpholine rings is 1. The molecule has 0 unspecified atom stereocenters. The van der Waals surface area contributed by atoms with Gasteiger partial charge in [0.2, 0.25) is 0 Å². The van der Waals surface area contributed by atoms with Crippen molar-refractivity contribution in [1.82, 2.24) is 25.2 Å². The SMILES string of the molecule is C/C(=N\N1CCOCC1)c1cccc(-n2cnnn2)c1. The first kappa shape index (κ1) is 12.7. The average molecular weight is 272 g/mol. The van der Waals surface area contributed by atoms with Crippen molar-refractivity contribution in [2.75, 3.05) is 26.3 Å². The Morgan fingerprint density at radius 3 is 2.90 bits per heavy atom. The Labute approximate surface area is 116 Å². The minimum absolute atomic E-state index is 0.738. The third-order valence-electron chi connectivity index (χ3n) is 3.16. The van der Waals surface area contributed by atoms with Crippen LogP contribution in [0.3, 0.4) is 0 Å². The Morgan fingerprint density at radius 1 is 1.30 bits per heavy atom. The van der Waals surface area contributed by atoms with Crippen LogP contribution in [0.4, 0.5) is 0 Å². The summed E-state index contributed by atoms with van der Waals surface area (Å²) in [5, 5.41) is 17.9. The van der Waals surface area contributed by atoms with E-state index < -0.39 is 0 Å². The lowest BCUT2D eigenvalue weighted by molar-refractivity contribution is 0.0393. The Hall–Kier alpha value is -2.28. The highest BCUT2D eigenvalue weighted by Gasteiger charge is 2.09. The molecule has 0 atom stereocenters. The van der Waals surface area contributed by atoms with Crippen molar-refractivity contribution in [3.63, 3.8) is 0 Å². The number of hydrazone groups is 1. The van der Waals surface area contributed by atoms with Gasteiger partial charge in [0.1, 0.15) is 6.33 Å². The van der Waals surface area contributed by atoms with Gasteiger partial charge in [0.25, 0.3) is 0 Å². The molecule has 0 bridgehead atoms. The lowest BCUT2D eigenvalue weighted by atomic mass is 10.1. The first-order valence-corrected chi connectivity index (χ1v) is 6.54. The third kappa shape index (κ3) is 2.83. The van der Waals surface area contributed by atoms with Gasteiger partial charge in [-0.1, -0.05) is 12.1 Å². The summed E-state index contributed by atoms with van der Waals surface area (Å²) in [6.07, 6.45) is 1.58. The number of aromatic nitrogens is 4. The van der Waals surface area contributed by atoms with E-state index in [0.717, 1.165) is 43.3 Å². The monoisotopic (exact) mass is 272 g/mol. The maximum atomic E-state index is 5.32.